The summed E-state index contributed by atoms with van der Waals surface area (Å²) >= 11 is 0. The molecule has 0 radical (unpaired) electrons. The average molecular weight is 487 g/mol. The number of carbonyl (C=O) groups is 1. The molecule has 4 N–H and O–H groups in total. The summed E-state index contributed by atoms with van der Waals surface area (Å²) in [6, 6.07) is 0. The Morgan fingerprint density at radius 3 is 2.40 bits per heavy atom. The number of rotatable bonds is 2. The van der Waals surface area contributed by atoms with Crippen LogP contribution in [0.2, 0.25) is 0 Å². The summed E-state index contributed by atoms with van der Waals surface area (Å²) in [4.78, 5) is 12.8. The van der Waals surface area contributed by atoms with E-state index in [9.17, 15) is 25.2 Å². The van der Waals surface area contributed by atoms with Crippen LogP contribution in [0, 0.1) is 50.7 Å². The predicted octanol–water partition coefficient (Wildman–Crippen LogP) is 4.95. The van der Waals surface area contributed by atoms with Crippen molar-refractivity contribution in [2.45, 2.75) is 98.2 Å². The standard InChI is InChI=1S/C30H46O5/c1-17-9-12-30(25(34)35)14-13-28(5)19(23(30)18(17)2)7-8-22-26(3)15-20(32)24(33)27(4,16-31)21(26)10-11-29(22,28)6/h7,18,20-24,31-33H,1,8-16H2,2-6H3,(H,34,35)/t18?,20-,21?,22?,23?,24-,26?,27?,28?,29?,30?/m1/s1. The lowest BCUT2D eigenvalue weighted by molar-refractivity contribution is -0.243. The lowest BCUT2D eigenvalue weighted by atomic mass is 9.33. The molecule has 5 aliphatic carbocycles. The molecule has 0 spiro atoms. The van der Waals surface area contributed by atoms with E-state index >= 15 is 0 Å². The van der Waals surface area contributed by atoms with Crippen molar-refractivity contribution in [3.05, 3.63) is 23.8 Å². The molecule has 0 bridgehead atoms. The quantitative estimate of drug-likeness (QED) is 0.414. The zero-order chi connectivity index (χ0) is 25.8. The van der Waals surface area contributed by atoms with Crippen LogP contribution in [-0.4, -0.2) is 45.2 Å². The molecule has 0 saturated heterocycles. The van der Waals surface area contributed by atoms with E-state index in [4.69, 9.17) is 0 Å². The fourth-order valence-electron chi connectivity index (χ4n) is 10.7. The normalized spacial score (nSPS) is 55.7. The largest absolute Gasteiger partial charge is 0.481 e. The van der Waals surface area contributed by atoms with Crippen LogP contribution in [0.4, 0.5) is 0 Å². The van der Waals surface area contributed by atoms with Gasteiger partial charge in [0.15, 0.2) is 0 Å². The molecule has 35 heavy (non-hydrogen) atoms. The van der Waals surface area contributed by atoms with E-state index in [0.717, 1.165) is 32.1 Å². The van der Waals surface area contributed by atoms with Crippen molar-refractivity contribution in [2.75, 3.05) is 6.61 Å². The van der Waals surface area contributed by atoms with Crippen molar-refractivity contribution < 1.29 is 25.2 Å². The number of fused-ring (bicyclic) bond motifs is 7. The van der Waals surface area contributed by atoms with Crippen molar-refractivity contribution in [3.8, 4) is 0 Å². The lowest BCUT2D eigenvalue weighted by Gasteiger charge is -2.71. The van der Waals surface area contributed by atoms with Gasteiger partial charge in [0.05, 0.1) is 24.2 Å². The van der Waals surface area contributed by atoms with E-state index in [1.165, 1.54) is 11.1 Å². The highest BCUT2D eigenvalue weighted by molar-refractivity contribution is 5.77. The van der Waals surface area contributed by atoms with Gasteiger partial charge in [-0.3, -0.25) is 4.79 Å². The minimum Gasteiger partial charge on any atom is -0.481 e. The monoisotopic (exact) mass is 486 g/mol. The van der Waals surface area contributed by atoms with Crippen molar-refractivity contribution in [2.24, 2.45) is 50.7 Å². The van der Waals surface area contributed by atoms with E-state index in [0.29, 0.717) is 25.2 Å². The Morgan fingerprint density at radius 1 is 1.09 bits per heavy atom. The van der Waals surface area contributed by atoms with Crippen LogP contribution in [0.5, 0.6) is 0 Å². The fourth-order valence-corrected chi connectivity index (χ4v) is 10.7. The molecule has 0 amide bonds. The molecule has 9 unspecified atom stereocenters. The van der Waals surface area contributed by atoms with Crippen LogP contribution < -0.4 is 0 Å². The van der Waals surface area contributed by atoms with Gasteiger partial charge in [-0.15, -0.1) is 0 Å². The molecule has 4 fully saturated rings. The zero-order valence-electron chi connectivity index (χ0n) is 22.3. The second-order valence-corrected chi connectivity index (χ2v) is 14.1. The molecular weight excluding hydrogens is 440 g/mol. The van der Waals surface area contributed by atoms with Gasteiger partial charge in [0, 0.05) is 11.3 Å². The van der Waals surface area contributed by atoms with E-state index < -0.39 is 29.0 Å². The van der Waals surface area contributed by atoms with Crippen LogP contribution >= 0.6 is 0 Å². The Hall–Kier alpha value is -1.17. The Morgan fingerprint density at radius 2 is 1.77 bits per heavy atom. The second kappa shape index (κ2) is 7.68. The number of hydrogen-bond acceptors (Lipinski definition) is 4. The summed E-state index contributed by atoms with van der Waals surface area (Å²) in [6.45, 7) is 15.5. The predicted molar refractivity (Wildman–Crippen MR) is 135 cm³/mol. The molecule has 5 rings (SSSR count). The molecule has 0 aromatic heterocycles. The third-order valence-electron chi connectivity index (χ3n) is 13.1. The molecule has 11 atom stereocenters. The first-order valence-electron chi connectivity index (χ1n) is 13.8. The number of aliphatic hydroxyl groups excluding tert-OH is 3. The van der Waals surface area contributed by atoms with Crippen LogP contribution in [0.3, 0.4) is 0 Å². The number of carboxylic acids is 1. The van der Waals surface area contributed by atoms with Gasteiger partial charge in [-0.25, -0.2) is 0 Å². The first-order chi connectivity index (χ1) is 16.2. The maximum absolute atomic E-state index is 12.8. The SMILES string of the molecule is C=C1CCC2(C(=O)O)CCC3(C)C(=CCC4C5(C)C[C@@H](O)[C@@H](O)C(C)(CO)C5CCC43C)C2C1C. The summed E-state index contributed by atoms with van der Waals surface area (Å²) in [5.41, 5.74) is 0.748. The highest BCUT2D eigenvalue weighted by Gasteiger charge is 2.70. The molecule has 5 nitrogen and oxygen atoms in total. The molecular formula is C30H46O5. The van der Waals surface area contributed by atoms with E-state index in [-0.39, 0.29) is 40.6 Å². The third kappa shape index (κ3) is 2.89. The molecule has 5 aliphatic rings. The van der Waals surface area contributed by atoms with Crippen molar-refractivity contribution >= 4 is 5.97 Å². The average Bonchev–Trinajstić information content (AvgIpc) is 2.80. The molecule has 0 heterocycles. The maximum Gasteiger partial charge on any atom is 0.310 e. The Bertz CT molecular complexity index is 972. The first kappa shape index (κ1) is 25.5. The van der Waals surface area contributed by atoms with Gasteiger partial charge in [0.1, 0.15) is 0 Å². The van der Waals surface area contributed by atoms with E-state index in [2.05, 4.69) is 40.3 Å². The molecule has 0 aliphatic heterocycles. The molecule has 0 aromatic carbocycles. The Labute approximate surface area is 210 Å². The summed E-state index contributed by atoms with van der Waals surface area (Å²) in [5.74, 6) is -0.0668. The van der Waals surface area contributed by atoms with Gasteiger partial charge in [-0.05, 0) is 85.4 Å². The maximum atomic E-state index is 12.8. The van der Waals surface area contributed by atoms with Crippen LogP contribution in [0.15, 0.2) is 23.8 Å². The van der Waals surface area contributed by atoms with Crippen LogP contribution in [0.25, 0.3) is 0 Å². The van der Waals surface area contributed by atoms with E-state index in [1.54, 1.807) is 0 Å². The van der Waals surface area contributed by atoms with Crippen LogP contribution in [0.1, 0.15) is 86.0 Å². The second-order valence-electron chi connectivity index (χ2n) is 14.1. The Kier molecular flexibility index (Phi) is 5.59. The third-order valence-corrected chi connectivity index (χ3v) is 13.1. The number of allylic oxidation sites excluding steroid dienone is 3. The van der Waals surface area contributed by atoms with Crippen LogP contribution in [-0.2, 0) is 4.79 Å². The first-order valence-corrected chi connectivity index (χ1v) is 13.8. The van der Waals surface area contributed by atoms with Crippen molar-refractivity contribution in [3.63, 3.8) is 0 Å². The summed E-state index contributed by atoms with van der Waals surface area (Å²) < 4.78 is 0. The van der Waals surface area contributed by atoms with Gasteiger partial charge in [-0.1, -0.05) is 58.4 Å². The Balaban J connectivity index is 1.63. The lowest BCUT2D eigenvalue weighted by Crippen LogP contribution is -2.68. The molecule has 196 valence electrons. The van der Waals surface area contributed by atoms with Gasteiger partial charge < -0.3 is 20.4 Å². The zero-order valence-corrected chi connectivity index (χ0v) is 22.3. The molecule has 0 aromatic rings. The fraction of sp³-hybridized carbons (Fsp3) is 0.833. The van der Waals surface area contributed by atoms with Crippen molar-refractivity contribution in [1.82, 2.24) is 0 Å². The number of hydrogen-bond donors (Lipinski definition) is 4. The smallest absolute Gasteiger partial charge is 0.310 e. The number of aliphatic carboxylic acids is 1. The van der Waals surface area contributed by atoms with Crippen molar-refractivity contribution in [1.29, 1.82) is 0 Å². The number of carboxylic acid groups (broad SMARTS) is 1. The highest BCUT2D eigenvalue weighted by atomic mass is 16.4. The molecule has 4 saturated carbocycles. The summed E-state index contributed by atoms with van der Waals surface area (Å²) in [7, 11) is 0. The summed E-state index contributed by atoms with van der Waals surface area (Å²) in [5, 5.41) is 42.8. The van der Waals surface area contributed by atoms with E-state index in [1.807, 2.05) is 6.92 Å². The minimum atomic E-state index is -0.917. The highest BCUT2D eigenvalue weighted by Crippen LogP contribution is 2.75. The minimum absolute atomic E-state index is 0.00946. The summed E-state index contributed by atoms with van der Waals surface area (Å²) in [6.07, 6.45) is 7.00. The van der Waals surface area contributed by atoms with Gasteiger partial charge >= 0.3 is 5.97 Å². The van der Waals surface area contributed by atoms with Gasteiger partial charge in [0.2, 0.25) is 0 Å². The topological polar surface area (TPSA) is 98.0 Å². The molecule has 5 heteroatoms. The van der Waals surface area contributed by atoms with Gasteiger partial charge in [0.25, 0.3) is 0 Å². The van der Waals surface area contributed by atoms with Gasteiger partial charge in [-0.2, -0.15) is 0 Å². The number of aliphatic hydroxyl groups is 3.